The Kier molecular flexibility index (Phi) is 6.32. The van der Waals surface area contributed by atoms with Crippen molar-refractivity contribution < 1.29 is 31.5 Å². The molecule has 0 fully saturated rings. The molecule has 0 saturated carbocycles. The van der Waals surface area contributed by atoms with E-state index in [1.54, 1.807) is 0 Å². The monoisotopic (exact) mass is 387 g/mol. The smallest absolute Gasteiger partial charge is 0.315 e. The Balaban J connectivity index is 1.87. The van der Waals surface area contributed by atoms with Crippen LogP contribution < -0.4 is 16.0 Å². The van der Waals surface area contributed by atoms with E-state index >= 15 is 0 Å². The van der Waals surface area contributed by atoms with E-state index in [0.29, 0.717) is 6.07 Å². The molecular weight excluding hydrogens is 373 g/mol. The molecule has 2 aromatic rings. The zero-order chi connectivity index (χ0) is 20.1. The quantitative estimate of drug-likeness (QED) is 0.544. The Bertz CT molecular complexity index is 876. The second-order valence-electron chi connectivity index (χ2n) is 5.49. The van der Waals surface area contributed by atoms with Crippen LogP contribution in [0.1, 0.15) is 18.5 Å². The van der Waals surface area contributed by atoms with E-state index in [1.807, 2.05) is 5.32 Å². The van der Waals surface area contributed by atoms with E-state index in [2.05, 4.69) is 10.6 Å². The molecule has 3 N–H and O–H groups in total. The average molecular weight is 387 g/mol. The Labute approximate surface area is 150 Å². The molecule has 3 amide bonds. The minimum absolute atomic E-state index is 0.289. The number of urea groups is 1. The van der Waals surface area contributed by atoms with Gasteiger partial charge in [0.25, 0.3) is 0 Å². The molecule has 1 atom stereocenters. The third-order valence-electron chi connectivity index (χ3n) is 3.51. The molecule has 2 rings (SSSR count). The number of halogens is 5. The van der Waals surface area contributed by atoms with Crippen LogP contribution in [0.4, 0.5) is 32.4 Å². The van der Waals surface area contributed by atoms with Crippen LogP contribution in [0.5, 0.6) is 0 Å². The van der Waals surface area contributed by atoms with Gasteiger partial charge in [-0.25, -0.2) is 26.7 Å². The van der Waals surface area contributed by atoms with Crippen molar-refractivity contribution in [1.82, 2.24) is 10.6 Å². The molecule has 5 nitrogen and oxygen atoms in total. The van der Waals surface area contributed by atoms with Crippen LogP contribution in [0.15, 0.2) is 30.3 Å². The third kappa shape index (κ3) is 5.16. The highest BCUT2D eigenvalue weighted by Crippen LogP contribution is 2.19. The summed E-state index contributed by atoms with van der Waals surface area (Å²) in [6, 6.07) is 3.06. The second-order valence-corrected chi connectivity index (χ2v) is 5.49. The minimum Gasteiger partial charge on any atom is -0.332 e. The molecule has 0 saturated heterocycles. The van der Waals surface area contributed by atoms with Crippen LogP contribution in [-0.4, -0.2) is 18.5 Å². The van der Waals surface area contributed by atoms with Gasteiger partial charge >= 0.3 is 6.03 Å². The molecule has 0 aliphatic heterocycles. The minimum atomic E-state index is -1.74. The van der Waals surface area contributed by atoms with E-state index in [4.69, 9.17) is 0 Å². The molecule has 1 unspecified atom stereocenters. The fourth-order valence-corrected chi connectivity index (χ4v) is 2.09. The van der Waals surface area contributed by atoms with Gasteiger partial charge in [-0.05, 0) is 36.8 Å². The van der Waals surface area contributed by atoms with E-state index in [9.17, 15) is 31.5 Å². The van der Waals surface area contributed by atoms with Gasteiger partial charge in [-0.3, -0.25) is 4.79 Å². The molecule has 27 heavy (non-hydrogen) atoms. The second kappa shape index (κ2) is 8.47. The first-order chi connectivity index (χ1) is 12.7. The third-order valence-corrected chi connectivity index (χ3v) is 3.51. The molecule has 2 aromatic carbocycles. The SMILES string of the molecule is CC(NC(=O)NCC(=O)Nc1ccc(F)c(F)c1F)c1ccc(F)c(F)c1. The van der Waals surface area contributed by atoms with Gasteiger partial charge in [-0.15, -0.1) is 0 Å². The topological polar surface area (TPSA) is 70.2 Å². The first-order valence-electron chi connectivity index (χ1n) is 7.61. The van der Waals surface area contributed by atoms with Gasteiger partial charge < -0.3 is 16.0 Å². The predicted octanol–water partition coefficient (Wildman–Crippen LogP) is 3.38. The molecule has 0 aliphatic rings. The normalized spacial score (nSPS) is 11.6. The van der Waals surface area contributed by atoms with Crippen LogP contribution in [0.25, 0.3) is 0 Å². The number of hydrogen-bond acceptors (Lipinski definition) is 2. The van der Waals surface area contributed by atoms with Crippen molar-refractivity contribution in [2.75, 3.05) is 11.9 Å². The van der Waals surface area contributed by atoms with Gasteiger partial charge in [0.2, 0.25) is 5.91 Å². The highest BCUT2D eigenvalue weighted by Gasteiger charge is 2.16. The van der Waals surface area contributed by atoms with Gasteiger partial charge in [0, 0.05) is 0 Å². The maximum atomic E-state index is 13.5. The molecule has 10 heteroatoms. The number of carbonyl (C=O) groups is 2. The van der Waals surface area contributed by atoms with Gasteiger partial charge in [-0.2, -0.15) is 0 Å². The Morgan fingerprint density at radius 2 is 1.59 bits per heavy atom. The Morgan fingerprint density at radius 3 is 2.26 bits per heavy atom. The van der Waals surface area contributed by atoms with Crippen LogP contribution in [0, 0.1) is 29.1 Å². The molecule has 0 heterocycles. The van der Waals surface area contributed by atoms with Gasteiger partial charge in [0.1, 0.15) is 0 Å². The first kappa shape index (κ1) is 20.1. The van der Waals surface area contributed by atoms with Gasteiger partial charge in [0.05, 0.1) is 18.3 Å². The largest absolute Gasteiger partial charge is 0.332 e. The lowest BCUT2D eigenvalue weighted by molar-refractivity contribution is -0.115. The summed E-state index contributed by atoms with van der Waals surface area (Å²) in [5.74, 6) is -7.71. The summed E-state index contributed by atoms with van der Waals surface area (Å²) in [5, 5.41) is 6.52. The highest BCUT2D eigenvalue weighted by atomic mass is 19.2. The summed E-state index contributed by atoms with van der Waals surface area (Å²) in [7, 11) is 0. The maximum absolute atomic E-state index is 13.5. The summed E-state index contributed by atoms with van der Waals surface area (Å²) in [6.45, 7) is 0.901. The molecule has 0 spiro atoms. The summed E-state index contributed by atoms with van der Waals surface area (Å²) in [6.07, 6.45) is 0. The van der Waals surface area contributed by atoms with E-state index < -0.39 is 59.3 Å². The Hall–Kier alpha value is -3.17. The summed E-state index contributed by atoms with van der Waals surface area (Å²) in [5.41, 5.74) is -0.298. The van der Waals surface area contributed by atoms with Gasteiger partial charge in [-0.1, -0.05) is 6.07 Å². The van der Waals surface area contributed by atoms with Crippen LogP contribution >= 0.6 is 0 Å². The number of amides is 3. The summed E-state index contributed by atoms with van der Waals surface area (Å²) < 4.78 is 65.4. The van der Waals surface area contributed by atoms with Crippen molar-refractivity contribution in [2.45, 2.75) is 13.0 Å². The number of rotatable bonds is 5. The van der Waals surface area contributed by atoms with Crippen molar-refractivity contribution in [3.8, 4) is 0 Å². The molecule has 0 aromatic heterocycles. The first-order valence-corrected chi connectivity index (χ1v) is 7.61. The molecule has 144 valence electrons. The number of benzene rings is 2. The number of carbonyl (C=O) groups excluding carboxylic acids is 2. The standard InChI is InChI=1S/C17H14F5N3O2/c1-8(9-2-3-10(18)12(20)6-9)24-17(27)23-7-14(26)25-13-5-4-11(19)15(21)16(13)22/h2-6,8H,7H2,1H3,(H,25,26)(H2,23,24,27). The summed E-state index contributed by atoms with van der Waals surface area (Å²) in [4.78, 5) is 23.4. The van der Waals surface area contributed by atoms with Gasteiger partial charge in [0.15, 0.2) is 29.1 Å². The molecule has 0 aliphatic carbocycles. The summed E-state index contributed by atoms with van der Waals surface area (Å²) >= 11 is 0. The predicted molar refractivity (Wildman–Crippen MR) is 86.3 cm³/mol. The van der Waals surface area contributed by atoms with Crippen molar-refractivity contribution in [3.63, 3.8) is 0 Å². The lowest BCUT2D eigenvalue weighted by Gasteiger charge is -2.15. The van der Waals surface area contributed by atoms with E-state index in [1.165, 1.54) is 13.0 Å². The molecule has 0 radical (unpaired) electrons. The van der Waals surface area contributed by atoms with Crippen molar-refractivity contribution in [3.05, 3.63) is 65.0 Å². The number of hydrogen-bond donors (Lipinski definition) is 3. The Morgan fingerprint density at radius 1 is 0.926 bits per heavy atom. The average Bonchev–Trinajstić information content (AvgIpc) is 2.62. The lowest BCUT2D eigenvalue weighted by Crippen LogP contribution is -2.41. The lowest BCUT2D eigenvalue weighted by atomic mass is 10.1. The van der Waals surface area contributed by atoms with Crippen LogP contribution in [0.2, 0.25) is 0 Å². The zero-order valence-electron chi connectivity index (χ0n) is 13.9. The van der Waals surface area contributed by atoms with Crippen LogP contribution in [-0.2, 0) is 4.79 Å². The van der Waals surface area contributed by atoms with E-state index in [-0.39, 0.29) is 5.56 Å². The number of nitrogens with one attached hydrogen (secondary N) is 3. The fraction of sp³-hybridized carbons (Fsp3) is 0.176. The van der Waals surface area contributed by atoms with Crippen molar-refractivity contribution in [2.24, 2.45) is 0 Å². The zero-order valence-corrected chi connectivity index (χ0v) is 13.9. The molecular formula is C17H14F5N3O2. The molecule has 0 bridgehead atoms. The maximum Gasteiger partial charge on any atom is 0.315 e. The fourth-order valence-electron chi connectivity index (χ4n) is 2.09. The van der Waals surface area contributed by atoms with Crippen molar-refractivity contribution >= 4 is 17.6 Å². The van der Waals surface area contributed by atoms with E-state index in [0.717, 1.165) is 18.2 Å². The van der Waals surface area contributed by atoms with Crippen molar-refractivity contribution in [1.29, 1.82) is 0 Å². The van der Waals surface area contributed by atoms with Crippen LogP contribution in [0.3, 0.4) is 0 Å². The number of anilines is 1. The highest BCUT2D eigenvalue weighted by molar-refractivity contribution is 5.94.